The van der Waals surface area contributed by atoms with Crippen LogP contribution in [0, 0.1) is 0 Å². The van der Waals surface area contributed by atoms with Crippen LogP contribution in [0.3, 0.4) is 0 Å². The maximum absolute atomic E-state index is 6.44. The van der Waals surface area contributed by atoms with Crippen LogP contribution >= 0.6 is 11.6 Å². The van der Waals surface area contributed by atoms with Crippen molar-refractivity contribution in [3.05, 3.63) is 58.2 Å². The summed E-state index contributed by atoms with van der Waals surface area (Å²) in [5, 5.41) is 4.03. The van der Waals surface area contributed by atoms with Crippen LogP contribution in [0.4, 0.5) is 5.82 Å². The molecule has 0 radical (unpaired) electrons. The maximum atomic E-state index is 6.44. The van der Waals surface area contributed by atoms with Crippen LogP contribution < -0.4 is 10.2 Å². The van der Waals surface area contributed by atoms with Gasteiger partial charge in [-0.05, 0) is 35.7 Å². The molecule has 1 aliphatic rings. The summed E-state index contributed by atoms with van der Waals surface area (Å²) in [7, 11) is 0. The Kier molecular flexibility index (Phi) is 4.42. The standard InChI is InChI=1S/C17H20ClN3/c1-2-19-10-13-9-16(18)17(20-11-13)21-8-7-14-5-3-4-6-15(14)12-21/h3-6,9,11,19H,2,7-8,10,12H2,1H3. The van der Waals surface area contributed by atoms with Crippen molar-refractivity contribution in [2.45, 2.75) is 26.4 Å². The molecule has 1 aromatic heterocycles. The minimum absolute atomic E-state index is 0.741. The predicted molar refractivity (Wildman–Crippen MR) is 87.8 cm³/mol. The van der Waals surface area contributed by atoms with Gasteiger partial charge in [-0.2, -0.15) is 0 Å². The van der Waals surface area contributed by atoms with Crippen molar-refractivity contribution < 1.29 is 0 Å². The molecule has 3 rings (SSSR count). The van der Waals surface area contributed by atoms with Gasteiger partial charge in [0.2, 0.25) is 0 Å². The average Bonchev–Trinajstić information content (AvgIpc) is 2.52. The highest BCUT2D eigenvalue weighted by Gasteiger charge is 2.19. The van der Waals surface area contributed by atoms with Gasteiger partial charge in [0.25, 0.3) is 0 Å². The van der Waals surface area contributed by atoms with Gasteiger partial charge in [-0.25, -0.2) is 4.98 Å². The molecule has 2 aromatic rings. The fraction of sp³-hybridized carbons (Fsp3) is 0.353. The van der Waals surface area contributed by atoms with Gasteiger partial charge in [0.15, 0.2) is 0 Å². The minimum atomic E-state index is 0.741. The highest BCUT2D eigenvalue weighted by atomic mass is 35.5. The number of fused-ring (bicyclic) bond motifs is 1. The lowest BCUT2D eigenvalue weighted by molar-refractivity contribution is 0.711. The van der Waals surface area contributed by atoms with Gasteiger partial charge < -0.3 is 10.2 Å². The van der Waals surface area contributed by atoms with E-state index in [-0.39, 0.29) is 0 Å². The fourth-order valence-electron chi connectivity index (χ4n) is 2.75. The van der Waals surface area contributed by atoms with Crippen molar-refractivity contribution >= 4 is 17.4 Å². The van der Waals surface area contributed by atoms with E-state index in [1.807, 2.05) is 12.3 Å². The zero-order valence-electron chi connectivity index (χ0n) is 12.3. The van der Waals surface area contributed by atoms with Crippen LogP contribution in [0.15, 0.2) is 36.5 Å². The summed E-state index contributed by atoms with van der Waals surface area (Å²) in [6.07, 6.45) is 2.97. The second kappa shape index (κ2) is 6.46. The van der Waals surface area contributed by atoms with Gasteiger partial charge in [0, 0.05) is 25.8 Å². The second-order valence-electron chi connectivity index (χ2n) is 5.37. The molecule has 0 unspecified atom stereocenters. The third-order valence-electron chi connectivity index (χ3n) is 3.89. The number of nitrogens with one attached hydrogen (secondary N) is 1. The lowest BCUT2D eigenvalue weighted by Crippen LogP contribution is -2.31. The molecule has 3 nitrogen and oxygen atoms in total. The molecule has 0 saturated heterocycles. The minimum Gasteiger partial charge on any atom is -0.351 e. The van der Waals surface area contributed by atoms with Crippen LogP contribution in [0.25, 0.3) is 0 Å². The monoisotopic (exact) mass is 301 g/mol. The van der Waals surface area contributed by atoms with Crippen molar-refractivity contribution in [3.63, 3.8) is 0 Å². The summed E-state index contributed by atoms with van der Waals surface area (Å²) < 4.78 is 0. The quantitative estimate of drug-likeness (QED) is 0.938. The summed E-state index contributed by atoms with van der Waals surface area (Å²) >= 11 is 6.44. The SMILES string of the molecule is CCNCc1cnc(N2CCc3ccccc3C2)c(Cl)c1. The molecular weight excluding hydrogens is 282 g/mol. The molecule has 0 bridgehead atoms. The summed E-state index contributed by atoms with van der Waals surface area (Å²) in [5.41, 5.74) is 3.94. The molecule has 1 N–H and O–H groups in total. The van der Waals surface area contributed by atoms with Crippen LogP contribution in [-0.2, 0) is 19.5 Å². The Morgan fingerprint density at radius 2 is 2.10 bits per heavy atom. The molecule has 0 saturated carbocycles. The molecule has 1 aromatic carbocycles. The second-order valence-corrected chi connectivity index (χ2v) is 5.78. The van der Waals surface area contributed by atoms with Crippen LogP contribution in [0.2, 0.25) is 5.02 Å². The largest absolute Gasteiger partial charge is 0.351 e. The van der Waals surface area contributed by atoms with E-state index in [1.54, 1.807) is 0 Å². The third-order valence-corrected chi connectivity index (χ3v) is 4.17. The molecule has 0 amide bonds. The van der Waals surface area contributed by atoms with Crippen LogP contribution in [0.1, 0.15) is 23.6 Å². The molecule has 0 spiro atoms. The molecule has 110 valence electrons. The third kappa shape index (κ3) is 3.20. The Bertz CT molecular complexity index is 627. The first-order valence-electron chi connectivity index (χ1n) is 7.45. The van der Waals surface area contributed by atoms with Crippen molar-refractivity contribution in [1.82, 2.24) is 10.3 Å². The van der Waals surface area contributed by atoms with E-state index in [2.05, 4.69) is 46.4 Å². The summed E-state index contributed by atoms with van der Waals surface area (Å²) in [4.78, 5) is 6.85. The number of halogens is 1. The highest BCUT2D eigenvalue weighted by Crippen LogP contribution is 2.29. The zero-order valence-corrected chi connectivity index (χ0v) is 13.0. The normalized spacial score (nSPS) is 14.1. The topological polar surface area (TPSA) is 28.2 Å². The molecule has 1 aliphatic heterocycles. The van der Waals surface area contributed by atoms with E-state index in [4.69, 9.17) is 11.6 Å². The molecule has 4 heteroatoms. The molecular formula is C17H20ClN3. The summed E-state index contributed by atoms with van der Waals surface area (Å²) in [6.45, 7) is 5.70. The van der Waals surface area contributed by atoms with E-state index >= 15 is 0 Å². The smallest absolute Gasteiger partial charge is 0.147 e. The van der Waals surface area contributed by atoms with Gasteiger partial charge in [0.1, 0.15) is 5.82 Å². The van der Waals surface area contributed by atoms with Gasteiger partial charge in [-0.15, -0.1) is 0 Å². The van der Waals surface area contributed by atoms with Crippen LogP contribution in [0.5, 0.6) is 0 Å². The van der Waals surface area contributed by atoms with E-state index in [1.165, 1.54) is 11.1 Å². The Hall–Kier alpha value is -1.58. The number of benzene rings is 1. The average molecular weight is 302 g/mol. The molecule has 0 aliphatic carbocycles. The Morgan fingerprint density at radius 3 is 2.86 bits per heavy atom. The number of rotatable bonds is 4. The molecule has 2 heterocycles. The number of nitrogens with zero attached hydrogens (tertiary/aromatic N) is 2. The maximum Gasteiger partial charge on any atom is 0.147 e. The van der Waals surface area contributed by atoms with E-state index in [9.17, 15) is 0 Å². The number of hydrogen-bond donors (Lipinski definition) is 1. The molecule has 0 atom stereocenters. The van der Waals surface area contributed by atoms with E-state index in [0.29, 0.717) is 0 Å². The first-order valence-corrected chi connectivity index (χ1v) is 7.82. The molecule has 0 fully saturated rings. The lowest BCUT2D eigenvalue weighted by Gasteiger charge is -2.30. The van der Waals surface area contributed by atoms with E-state index in [0.717, 1.165) is 49.0 Å². The number of hydrogen-bond acceptors (Lipinski definition) is 3. The first-order chi connectivity index (χ1) is 10.3. The zero-order chi connectivity index (χ0) is 14.7. The van der Waals surface area contributed by atoms with E-state index < -0.39 is 0 Å². The van der Waals surface area contributed by atoms with Crippen molar-refractivity contribution in [3.8, 4) is 0 Å². The Balaban J connectivity index is 1.79. The number of pyridine rings is 1. The summed E-state index contributed by atoms with van der Waals surface area (Å²) in [5.74, 6) is 0.895. The van der Waals surface area contributed by atoms with Gasteiger partial charge in [-0.1, -0.05) is 42.8 Å². The number of aromatic nitrogens is 1. The highest BCUT2D eigenvalue weighted by molar-refractivity contribution is 6.33. The molecule has 21 heavy (non-hydrogen) atoms. The fourth-order valence-corrected chi connectivity index (χ4v) is 3.05. The van der Waals surface area contributed by atoms with Crippen molar-refractivity contribution in [1.29, 1.82) is 0 Å². The Labute approximate surface area is 131 Å². The van der Waals surface area contributed by atoms with Crippen molar-refractivity contribution in [2.24, 2.45) is 0 Å². The Morgan fingerprint density at radius 1 is 1.29 bits per heavy atom. The van der Waals surface area contributed by atoms with Gasteiger partial charge in [-0.3, -0.25) is 0 Å². The summed E-state index contributed by atoms with van der Waals surface area (Å²) in [6, 6.07) is 10.6. The van der Waals surface area contributed by atoms with Crippen LogP contribution in [-0.4, -0.2) is 18.1 Å². The number of anilines is 1. The van der Waals surface area contributed by atoms with Crippen molar-refractivity contribution in [2.75, 3.05) is 18.0 Å². The van der Waals surface area contributed by atoms with Gasteiger partial charge >= 0.3 is 0 Å². The first kappa shape index (κ1) is 14.4. The predicted octanol–water partition coefficient (Wildman–Crippen LogP) is 3.41. The van der Waals surface area contributed by atoms with Gasteiger partial charge in [0.05, 0.1) is 5.02 Å². The lowest BCUT2D eigenvalue weighted by atomic mass is 10.00.